The molecule has 1 aromatic heterocycles. The number of nitro benzene ring substituents is 1. The lowest BCUT2D eigenvalue weighted by Crippen LogP contribution is -2.00. The van der Waals surface area contributed by atoms with Crippen molar-refractivity contribution in [1.29, 1.82) is 0 Å². The number of nitrogens with zero attached hydrogens (tertiary/aromatic N) is 3. The van der Waals surface area contributed by atoms with E-state index < -0.39 is 11.0 Å². The van der Waals surface area contributed by atoms with Crippen LogP contribution in [-0.4, -0.2) is 20.0 Å². The van der Waals surface area contributed by atoms with Crippen LogP contribution >= 0.6 is 11.8 Å². The van der Waals surface area contributed by atoms with E-state index in [0.717, 1.165) is 11.8 Å². The van der Waals surface area contributed by atoms with Crippen molar-refractivity contribution < 1.29 is 10.0 Å². The van der Waals surface area contributed by atoms with Crippen LogP contribution < -0.4 is 11.5 Å². The topological polar surface area (TPSA) is 141 Å². The molecule has 2 aromatic rings. The summed E-state index contributed by atoms with van der Waals surface area (Å²) in [5.41, 5.74) is 11.4. The summed E-state index contributed by atoms with van der Waals surface area (Å²) in [5, 5.41) is 20.9. The van der Waals surface area contributed by atoms with Gasteiger partial charge in [-0.25, -0.2) is 9.97 Å². The van der Waals surface area contributed by atoms with Gasteiger partial charge in [-0.05, 0) is 30.3 Å². The predicted molar refractivity (Wildman–Crippen MR) is 78.7 cm³/mol. The number of nitrogens with two attached hydrogens (primary N) is 2. The fourth-order valence-corrected chi connectivity index (χ4v) is 2.50. The maximum absolute atomic E-state index is 11.1. The van der Waals surface area contributed by atoms with Crippen LogP contribution in [0, 0.1) is 10.1 Å². The first-order valence-electron chi connectivity index (χ1n) is 5.91. The highest BCUT2D eigenvalue weighted by Crippen LogP contribution is 2.35. The van der Waals surface area contributed by atoms with Gasteiger partial charge in [-0.3, -0.25) is 10.1 Å². The van der Waals surface area contributed by atoms with Gasteiger partial charge in [-0.15, -0.1) is 0 Å². The van der Waals surface area contributed by atoms with Crippen LogP contribution in [0.15, 0.2) is 34.3 Å². The van der Waals surface area contributed by atoms with Crippen LogP contribution in [-0.2, 0) is 0 Å². The lowest BCUT2D eigenvalue weighted by atomic mass is 10.1. The number of aliphatic hydroxyl groups is 1. The quantitative estimate of drug-likeness (QED) is 0.440. The minimum Gasteiger partial charge on any atom is -0.389 e. The molecule has 0 saturated carbocycles. The van der Waals surface area contributed by atoms with Gasteiger partial charge in [0.2, 0.25) is 0 Å². The number of benzene rings is 1. The first-order valence-corrected chi connectivity index (χ1v) is 6.72. The molecule has 0 aliphatic heterocycles. The van der Waals surface area contributed by atoms with Crippen molar-refractivity contribution in [2.75, 3.05) is 11.5 Å². The third kappa shape index (κ3) is 3.58. The van der Waals surface area contributed by atoms with Crippen molar-refractivity contribution in [3.8, 4) is 0 Å². The number of hydrogen-bond donors (Lipinski definition) is 3. The Kier molecular flexibility index (Phi) is 4.24. The van der Waals surface area contributed by atoms with Gasteiger partial charge in [0.05, 0.1) is 15.9 Å². The van der Waals surface area contributed by atoms with Crippen LogP contribution in [0.5, 0.6) is 0 Å². The molecule has 0 fully saturated rings. The fourth-order valence-electron chi connectivity index (χ4n) is 1.63. The molecule has 1 atom stereocenters. The van der Waals surface area contributed by atoms with Gasteiger partial charge in [-0.1, -0.05) is 6.07 Å². The van der Waals surface area contributed by atoms with Crippen molar-refractivity contribution in [2.45, 2.75) is 23.1 Å². The Morgan fingerprint density at radius 1 is 1.29 bits per heavy atom. The van der Waals surface area contributed by atoms with Crippen molar-refractivity contribution >= 4 is 29.1 Å². The molecule has 0 spiro atoms. The number of nitro groups is 1. The molecule has 0 amide bonds. The lowest BCUT2D eigenvalue weighted by molar-refractivity contribution is -0.387. The van der Waals surface area contributed by atoms with Crippen LogP contribution in [0.1, 0.15) is 18.6 Å². The lowest BCUT2D eigenvalue weighted by Gasteiger charge is -2.07. The van der Waals surface area contributed by atoms with Crippen molar-refractivity contribution in [2.24, 2.45) is 0 Å². The van der Waals surface area contributed by atoms with E-state index in [2.05, 4.69) is 9.97 Å². The molecule has 0 aliphatic rings. The summed E-state index contributed by atoms with van der Waals surface area (Å²) >= 11 is 0.986. The zero-order valence-corrected chi connectivity index (χ0v) is 11.9. The van der Waals surface area contributed by atoms with Crippen LogP contribution in [0.4, 0.5) is 17.3 Å². The minimum absolute atomic E-state index is 0.136. The number of anilines is 2. The highest BCUT2D eigenvalue weighted by atomic mass is 32.2. The Bertz CT molecular complexity index is 672. The van der Waals surface area contributed by atoms with E-state index in [1.165, 1.54) is 25.1 Å². The Morgan fingerprint density at radius 3 is 2.43 bits per heavy atom. The molecular formula is C12H13N5O3S. The second-order valence-electron chi connectivity index (χ2n) is 4.26. The largest absolute Gasteiger partial charge is 0.389 e. The molecule has 0 saturated heterocycles. The molecule has 9 heteroatoms. The molecule has 5 N–H and O–H groups in total. The first kappa shape index (κ1) is 15.0. The molecule has 0 aliphatic carbocycles. The van der Waals surface area contributed by atoms with E-state index in [-0.39, 0.29) is 22.5 Å². The third-order valence-corrected chi connectivity index (χ3v) is 3.54. The normalized spacial score (nSPS) is 12.1. The zero-order valence-electron chi connectivity index (χ0n) is 11.1. The molecule has 0 radical (unpaired) electrons. The van der Waals surface area contributed by atoms with Gasteiger partial charge in [0.25, 0.3) is 5.69 Å². The highest BCUT2D eigenvalue weighted by Gasteiger charge is 2.18. The summed E-state index contributed by atoms with van der Waals surface area (Å²) in [7, 11) is 0. The maximum Gasteiger partial charge on any atom is 0.283 e. The summed E-state index contributed by atoms with van der Waals surface area (Å²) < 4.78 is 0. The molecular weight excluding hydrogens is 294 g/mol. The molecule has 110 valence electrons. The van der Waals surface area contributed by atoms with Gasteiger partial charge < -0.3 is 16.6 Å². The van der Waals surface area contributed by atoms with Gasteiger partial charge in [0.1, 0.15) is 11.6 Å². The molecule has 0 bridgehead atoms. The van der Waals surface area contributed by atoms with Crippen LogP contribution in [0.3, 0.4) is 0 Å². The average molecular weight is 307 g/mol. The maximum atomic E-state index is 11.1. The fraction of sp³-hybridized carbons (Fsp3) is 0.167. The van der Waals surface area contributed by atoms with Gasteiger partial charge in [0.15, 0.2) is 5.16 Å². The van der Waals surface area contributed by atoms with E-state index in [1.54, 1.807) is 6.07 Å². The Morgan fingerprint density at radius 2 is 1.90 bits per heavy atom. The number of aliphatic hydroxyl groups excluding tert-OH is 1. The zero-order chi connectivity index (χ0) is 15.6. The standard InChI is InChI=1S/C12H13N5O3S/c1-6(18)7-2-3-9(8(4-7)17(19)20)21-12-15-10(13)5-11(14)16-12/h2-6,18H,1H3,(H4,13,14,15,16). The van der Waals surface area contributed by atoms with Crippen molar-refractivity contribution in [3.63, 3.8) is 0 Å². The van der Waals surface area contributed by atoms with Crippen molar-refractivity contribution in [1.82, 2.24) is 9.97 Å². The van der Waals surface area contributed by atoms with E-state index in [9.17, 15) is 15.2 Å². The van der Waals surface area contributed by atoms with Gasteiger partial charge in [0, 0.05) is 12.1 Å². The molecule has 2 rings (SSSR count). The number of aromatic nitrogens is 2. The summed E-state index contributed by atoms with van der Waals surface area (Å²) in [4.78, 5) is 18.9. The monoisotopic (exact) mass is 307 g/mol. The Labute approximate surface area is 124 Å². The minimum atomic E-state index is -0.790. The van der Waals surface area contributed by atoms with E-state index in [1.807, 2.05) is 0 Å². The average Bonchev–Trinajstić information content (AvgIpc) is 2.37. The van der Waals surface area contributed by atoms with Gasteiger partial charge >= 0.3 is 0 Å². The summed E-state index contributed by atoms with van der Waals surface area (Å²) in [6.07, 6.45) is -0.790. The van der Waals surface area contributed by atoms with Crippen LogP contribution in [0.25, 0.3) is 0 Å². The second kappa shape index (κ2) is 5.94. The summed E-state index contributed by atoms with van der Waals surface area (Å²) in [5.74, 6) is 0.376. The molecule has 1 aromatic carbocycles. The van der Waals surface area contributed by atoms with E-state index in [4.69, 9.17) is 11.5 Å². The Hall–Kier alpha value is -2.39. The molecule has 1 heterocycles. The predicted octanol–water partition coefficient (Wildman–Crippen LogP) is 1.75. The smallest absolute Gasteiger partial charge is 0.283 e. The van der Waals surface area contributed by atoms with Crippen molar-refractivity contribution in [3.05, 3.63) is 39.9 Å². The van der Waals surface area contributed by atoms with E-state index >= 15 is 0 Å². The SMILES string of the molecule is CC(O)c1ccc(Sc2nc(N)cc(N)n2)c([N+](=O)[O-])c1. The molecule has 21 heavy (non-hydrogen) atoms. The second-order valence-corrected chi connectivity index (χ2v) is 5.27. The molecule has 8 nitrogen and oxygen atoms in total. The van der Waals surface area contributed by atoms with Crippen LogP contribution in [0.2, 0.25) is 0 Å². The van der Waals surface area contributed by atoms with E-state index in [0.29, 0.717) is 10.5 Å². The highest BCUT2D eigenvalue weighted by molar-refractivity contribution is 7.99. The first-order chi connectivity index (χ1) is 9.86. The molecule has 1 unspecified atom stereocenters. The third-order valence-electron chi connectivity index (χ3n) is 2.61. The number of hydrogen-bond acceptors (Lipinski definition) is 8. The summed E-state index contributed by atoms with van der Waals surface area (Å²) in [6, 6.07) is 5.86. The number of rotatable bonds is 4. The Balaban J connectivity index is 2.41. The summed E-state index contributed by atoms with van der Waals surface area (Å²) in [6.45, 7) is 1.54. The van der Waals surface area contributed by atoms with Gasteiger partial charge in [-0.2, -0.15) is 0 Å². The number of nitrogen functional groups attached to an aromatic ring is 2.